The Hall–Kier alpha value is -2.47. The summed E-state index contributed by atoms with van der Waals surface area (Å²) in [7, 11) is 1.65. The molecule has 2 heterocycles. The molecule has 0 bridgehead atoms. The van der Waals surface area contributed by atoms with Gasteiger partial charge in [-0.15, -0.1) is 0 Å². The molecule has 2 amide bonds. The fourth-order valence-electron chi connectivity index (χ4n) is 2.46. The third kappa shape index (κ3) is 3.23. The molecule has 1 saturated heterocycles. The number of anilines is 1. The number of carbonyl (C=O) groups excluding carboxylic acids is 1. The van der Waals surface area contributed by atoms with Crippen LogP contribution in [-0.4, -0.2) is 34.7 Å². The molecule has 1 aliphatic rings. The maximum Gasteiger partial charge on any atom is 0.322 e. The number of carbonyl (C=O) groups is 1. The maximum atomic E-state index is 12.3. The first-order chi connectivity index (χ1) is 11.5. The topological polar surface area (TPSA) is 63.6 Å². The maximum absolute atomic E-state index is 12.3. The van der Waals surface area contributed by atoms with Crippen LogP contribution in [0, 0.1) is 6.92 Å². The van der Waals surface area contributed by atoms with Crippen molar-refractivity contribution in [2.24, 2.45) is 7.05 Å². The zero-order chi connectivity index (χ0) is 17.3. The van der Waals surface area contributed by atoms with E-state index in [2.05, 4.69) is 5.32 Å². The number of aryl methyl sites for hydroxylation is 2. The van der Waals surface area contributed by atoms with E-state index in [4.69, 9.17) is 16.3 Å². The zero-order valence-corrected chi connectivity index (χ0v) is 14.2. The molecule has 1 N–H and O–H groups in total. The monoisotopic (exact) mass is 347 g/mol. The highest BCUT2D eigenvalue weighted by molar-refractivity contribution is 6.32. The molecule has 0 spiro atoms. The highest BCUT2D eigenvalue weighted by Crippen LogP contribution is 2.26. The van der Waals surface area contributed by atoms with Crippen LogP contribution in [-0.2, 0) is 7.05 Å². The van der Waals surface area contributed by atoms with Gasteiger partial charge < -0.3 is 19.5 Å². The van der Waals surface area contributed by atoms with Crippen LogP contribution < -0.4 is 15.6 Å². The standard InChI is InChI=1S/C17H18ClN3O3/c1-11-7-8-20(2)16(22)15(11)19-17(23)21-9-12(10-21)24-14-6-4-3-5-13(14)18/h3-8,12H,9-10H2,1-2H3,(H,19,23). The summed E-state index contributed by atoms with van der Waals surface area (Å²) < 4.78 is 7.19. The molecule has 126 valence electrons. The summed E-state index contributed by atoms with van der Waals surface area (Å²) in [5.41, 5.74) is 0.809. The van der Waals surface area contributed by atoms with Crippen molar-refractivity contribution in [3.63, 3.8) is 0 Å². The molecule has 24 heavy (non-hydrogen) atoms. The average molecular weight is 348 g/mol. The molecule has 0 saturated carbocycles. The highest BCUT2D eigenvalue weighted by Gasteiger charge is 2.33. The normalized spacial score (nSPS) is 14.2. The summed E-state index contributed by atoms with van der Waals surface area (Å²) in [6, 6.07) is 8.71. The van der Waals surface area contributed by atoms with Gasteiger partial charge in [0.1, 0.15) is 17.5 Å². The van der Waals surface area contributed by atoms with E-state index in [0.717, 1.165) is 5.56 Å². The Bertz CT molecular complexity index is 828. The van der Waals surface area contributed by atoms with Crippen molar-refractivity contribution in [1.29, 1.82) is 0 Å². The number of rotatable bonds is 3. The first kappa shape index (κ1) is 16.4. The van der Waals surface area contributed by atoms with Crippen molar-refractivity contribution in [1.82, 2.24) is 9.47 Å². The van der Waals surface area contributed by atoms with E-state index in [9.17, 15) is 9.59 Å². The van der Waals surface area contributed by atoms with E-state index in [0.29, 0.717) is 29.5 Å². The second-order valence-electron chi connectivity index (χ2n) is 5.80. The molecule has 1 aromatic heterocycles. The number of benzene rings is 1. The second-order valence-corrected chi connectivity index (χ2v) is 6.20. The molecule has 3 rings (SSSR count). The average Bonchev–Trinajstić information content (AvgIpc) is 2.52. The number of hydrogen-bond donors (Lipinski definition) is 1. The molecule has 2 aromatic rings. The van der Waals surface area contributed by atoms with Crippen LogP contribution in [0.5, 0.6) is 5.75 Å². The number of likely N-dealkylation sites (tertiary alicyclic amines) is 1. The van der Waals surface area contributed by atoms with Crippen molar-refractivity contribution >= 4 is 23.3 Å². The molecule has 0 unspecified atom stereocenters. The summed E-state index contributed by atoms with van der Waals surface area (Å²) in [4.78, 5) is 25.9. The van der Waals surface area contributed by atoms with Crippen LogP contribution in [0.3, 0.4) is 0 Å². The fraction of sp³-hybridized carbons (Fsp3) is 0.294. The molecular weight excluding hydrogens is 330 g/mol. The van der Waals surface area contributed by atoms with Crippen LogP contribution >= 0.6 is 11.6 Å². The molecule has 0 atom stereocenters. The number of para-hydroxylation sites is 1. The number of hydrogen-bond acceptors (Lipinski definition) is 3. The third-order valence-corrected chi connectivity index (χ3v) is 4.29. The number of nitrogens with one attached hydrogen (secondary N) is 1. The van der Waals surface area contributed by atoms with Crippen molar-refractivity contribution in [2.45, 2.75) is 13.0 Å². The van der Waals surface area contributed by atoms with Gasteiger partial charge in [-0.05, 0) is 30.7 Å². The molecule has 7 heteroatoms. The molecule has 0 radical (unpaired) electrons. The van der Waals surface area contributed by atoms with Crippen LogP contribution in [0.15, 0.2) is 41.3 Å². The predicted molar refractivity (Wildman–Crippen MR) is 92.9 cm³/mol. The molecule has 1 aromatic carbocycles. The van der Waals surface area contributed by atoms with Gasteiger partial charge in [0.25, 0.3) is 5.56 Å². The number of ether oxygens (including phenoxy) is 1. The van der Waals surface area contributed by atoms with Gasteiger partial charge in [-0.25, -0.2) is 4.79 Å². The van der Waals surface area contributed by atoms with Crippen molar-refractivity contribution in [3.05, 3.63) is 57.5 Å². The quantitative estimate of drug-likeness (QED) is 0.928. The number of aromatic nitrogens is 1. The van der Waals surface area contributed by atoms with E-state index in [1.165, 1.54) is 4.57 Å². The lowest BCUT2D eigenvalue weighted by molar-refractivity contribution is 0.0493. The van der Waals surface area contributed by atoms with E-state index >= 15 is 0 Å². The lowest BCUT2D eigenvalue weighted by atomic mass is 10.2. The SMILES string of the molecule is Cc1ccn(C)c(=O)c1NC(=O)N1CC(Oc2ccccc2Cl)C1. The van der Waals surface area contributed by atoms with E-state index in [1.807, 2.05) is 12.1 Å². The molecule has 1 aliphatic heterocycles. The van der Waals surface area contributed by atoms with Gasteiger partial charge in [0.2, 0.25) is 0 Å². The molecule has 6 nitrogen and oxygen atoms in total. The smallest absolute Gasteiger partial charge is 0.322 e. The van der Waals surface area contributed by atoms with Gasteiger partial charge in [-0.2, -0.15) is 0 Å². The number of nitrogens with zero attached hydrogens (tertiary/aromatic N) is 2. The molecule has 1 fully saturated rings. The number of amides is 2. The summed E-state index contributed by atoms with van der Waals surface area (Å²) in [6.45, 7) is 2.68. The third-order valence-electron chi connectivity index (χ3n) is 3.97. The number of pyridine rings is 1. The van der Waals surface area contributed by atoms with Crippen LogP contribution in [0.2, 0.25) is 5.02 Å². The van der Waals surface area contributed by atoms with Crippen molar-refractivity contribution in [2.75, 3.05) is 18.4 Å². The van der Waals surface area contributed by atoms with Gasteiger partial charge in [0, 0.05) is 13.2 Å². The summed E-state index contributed by atoms with van der Waals surface area (Å²) in [6.07, 6.45) is 1.57. The van der Waals surface area contributed by atoms with Gasteiger partial charge in [0.05, 0.1) is 18.1 Å². The second kappa shape index (κ2) is 6.57. The van der Waals surface area contributed by atoms with E-state index in [-0.39, 0.29) is 17.7 Å². The molecule has 0 aliphatic carbocycles. The Balaban J connectivity index is 1.59. The summed E-state index contributed by atoms with van der Waals surface area (Å²) in [5, 5.41) is 3.23. The van der Waals surface area contributed by atoms with Crippen molar-refractivity contribution < 1.29 is 9.53 Å². The number of halogens is 1. The Morgan fingerprint density at radius 3 is 2.71 bits per heavy atom. The molecular formula is C17H18ClN3O3. The Morgan fingerprint density at radius 2 is 2.00 bits per heavy atom. The van der Waals surface area contributed by atoms with Crippen molar-refractivity contribution in [3.8, 4) is 5.75 Å². The van der Waals surface area contributed by atoms with E-state index in [1.54, 1.807) is 43.3 Å². The fourth-order valence-corrected chi connectivity index (χ4v) is 2.64. The number of urea groups is 1. The Kier molecular flexibility index (Phi) is 4.49. The Labute approximate surface area is 144 Å². The summed E-state index contributed by atoms with van der Waals surface area (Å²) in [5.74, 6) is 0.608. The van der Waals surface area contributed by atoms with Gasteiger partial charge in [0.15, 0.2) is 0 Å². The largest absolute Gasteiger partial charge is 0.485 e. The lowest BCUT2D eigenvalue weighted by Gasteiger charge is -2.38. The van der Waals surface area contributed by atoms with Gasteiger partial charge in [-0.1, -0.05) is 23.7 Å². The zero-order valence-electron chi connectivity index (χ0n) is 13.5. The van der Waals surface area contributed by atoms with Gasteiger partial charge in [-0.3, -0.25) is 4.79 Å². The van der Waals surface area contributed by atoms with E-state index < -0.39 is 0 Å². The predicted octanol–water partition coefficient (Wildman–Crippen LogP) is 2.64. The minimum Gasteiger partial charge on any atom is -0.485 e. The minimum atomic E-state index is -0.305. The summed E-state index contributed by atoms with van der Waals surface area (Å²) >= 11 is 6.05. The highest BCUT2D eigenvalue weighted by atomic mass is 35.5. The van der Waals surface area contributed by atoms with Gasteiger partial charge >= 0.3 is 6.03 Å². The van der Waals surface area contributed by atoms with Crippen LogP contribution in [0.1, 0.15) is 5.56 Å². The first-order valence-corrected chi connectivity index (χ1v) is 7.97. The van der Waals surface area contributed by atoms with Crippen LogP contribution in [0.4, 0.5) is 10.5 Å². The first-order valence-electron chi connectivity index (χ1n) is 7.59. The Morgan fingerprint density at radius 1 is 1.29 bits per heavy atom. The lowest BCUT2D eigenvalue weighted by Crippen LogP contribution is -2.57. The van der Waals surface area contributed by atoms with Crippen LogP contribution in [0.25, 0.3) is 0 Å². The minimum absolute atomic E-state index is 0.102.